The van der Waals surface area contributed by atoms with E-state index in [2.05, 4.69) is 10.3 Å². The number of hydrogen-bond acceptors (Lipinski definition) is 3. The minimum atomic E-state index is -1.13. The molecule has 6 nitrogen and oxygen atoms in total. The highest BCUT2D eigenvalue weighted by Gasteiger charge is 2.24. The van der Waals surface area contributed by atoms with Crippen molar-refractivity contribution in [2.24, 2.45) is 0 Å². The summed E-state index contributed by atoms with van der Waals surface area (Å²) in [4.78, 5) is 38.7. The molecule has 7 heteroatoms. The standard InChI is InChI=1S/C19H21FN2O4/c1-4-14-16(11(3)23)10(2)22-17(14)18(24)21-9-15(19(25)26)12-5-7-13(20)8-6-12/h5-8,15,22H,4,9H2,1-3H3,(H,21,24)(H,25,26). The van der Waals surface area contributed by atoms with E-state index in [4.69, 9.17) is 0 Å². The Bertz CT molecular complexity index is 840. The van der Waals surface area contributed by atoms with Gasteiger partial charge in [0, 0.05) is 17.8 Å². The number of rotatable bonds is 7. The lowest BCUT2D eigenvalue weighted by atomic mass is 9.99. The molecule has 3 N–H and O–H groups in total. The van der Waals surface area contributed by atoms with Gasteiger partial charge in [0.25, 0.3) is 5.91 Å². The number of carboxylic acid groups (broad SMARTS) is 1. The Morgan fingerprint density at radius 3 is 2.35 bits per heavy atom. The molecule has 0 spiro atoms. The number of carbonyl (C=O) groups is 3. The zero-order chi connectivity index (χ0) is 19.4. The van der Waals surface area contributed by atoms with Crippen molar-refractivity contribution in [3.63, 3.8) is 0 Å². The summed E-state index contributed by atoms with van der Waals surface area (Å²) in [6, 6.07) is 5.11. The summed E-state index contributed by atoms with van der Waals surface area (Å²) < 4.78 is 13.0. The van der Waals surface area contributed by atoms with Crippen LogP contribution in [0.1, 0.15) is 57.4 Å². The van der Waals surface area contributed by atoms with E-state index in [0.717, 1.165) is 0 Å². The van der Waals surface area contributed by atoms with Crippen molar-refractivity contribution in [2.75, 3.05) is 6.54 Å². The fraction of sp³-hybridized carbons (Fsp3) is 0.316. The first kappa shape index (κ1) is 19.4. The normalized spacial score (nSPS) is 11.8. The van der Waals surface area contributed by atoms with Crippen molar-refractivity contribution < 1.29 is 23.9 Å². The molecule has 2 rings (SSSR count). The van der Waals surface area contributed by atoms with Crippen LogP contribution in [0.15, 0.2) is 24.3 Å². The zero-order valence-corrected chi connectivity index (χ0v) is 14.9. The first-order valence-corrected chi connectivity index (χ1v) is 8.25. The number of H-pyrrole nitrogens is 1. The number of nitrogens with one attached hydrogen (secondary N) is 2. The van der Waals surface area contributed by atoms with Crippen LogP contribution in [0.2, 0.25) is 0 Å². The average molecular weight is 360 g/mol. The van der Waals surface area contributed by atoms with E-state index in [0.29, 0.717) is 28.8 Å². The summed E-state index contributed by atoms with van der Waals surface area (Å²) in [6.07, 6.45) is 0.488. The molecular weight excluding hydrogens is 339 g/mol. The zero-order valence-electron chi connectivity index (χ0n) is 14.9. The molecule has 1 amide bonds. The molecule has 1 atom stereocenters. The molecule has 0 aliphatic rings. The number of aliphatic carboxylic acids is 1. The number of amides is 1. The number of Topliss-reactive ketones (excluding diaryl/α,β-unsaturated/α-hetero) is 1. The van der Waals surface area contributed by atoms with Gasteiger partial charge in [-0.05, 0) is 43.5 Å². The molecule has 1 unspecified atom stereocenters. The van der Waals surface area contributed by atoms with Crippen molar-refractivity contribution in [2.45, 2.75) is 33.1 Å². The van der Waals surface area contributed by atoms with Crippen molar-refractivity contribution in [1.29, 1.82) is 0 Å². The number of aryl methyl sites for hydroxylation is 1. The predicted molar refractivity (Wildman–Crippen MR) is 94.0 cm³/mol. The van der Waals surface area contributed by atoms with Crippen molar-refractivity contribution in [3.8, 4) is 0 Å². The van der Waals surface area contributed by atoms with E-state index in [1.807, 2.05) is 6.92 Å². The highest BCUT2D eigenvalue weighted by Crippen LogP contribution is 2.21. The van der Waals surface area contributed by atoms with Gasteiger partial charge in [0.15, 0.2) is 5.78 Å². The van der Waals surface area contributed by atoms with Gasteiger partial charge in [0.1, 0.15) is 11.5 Å². The smallest absolute Gasteiger partial charge is 0.312 e. The summed E-state index contributed by atoms with van der Waals surface area (Å²) in [7, 11) is 0. The van der Waals surface area contributed by atoms with E-state index < -0.39 is 23.6 Å². The number of ketones is 1. The van der Waals surface area contributed by atoms with Crippen LogP contribution in [0.3, 0.4) is 0 Å². The summed E-state index contributed by atoms with van der Waals surface area (Å²) in [5.74, 6) is -3.21. The lowest BCUT2D eigenvalue weighted by Crippen LogP contribution is -2.32. The quantitative estimate of drug-likeness (QED) is 0.661. The maximum absolute atomic E-state index is 13.0. The Hall–Kier alpha value is -2.96. The van der Waals surface area contributed by atoms with E-state index in [-0.39, 0.29) is 18.0 Å². The molecule has 0 aliphatic heterocycles. The maximum atomic E-state index is 13.0. The number of aromatic nitrogens is 1. The van der Waals surface area contributed by atoms with Gasteiger partial charge in [-0.15, -0.1) is 0 Å². The van der Waals surface area contributed by atoms with Gasteiger partial charge < -0.3 is 15.4 Å². The first-order valence-electron chi connectivity index (χ1n) is 8.25. The van der Waals surface area contributed by atoms with Gasteiger partial charge in [-0.1, -0.05) is 19.1 Å². The highest BCUT2D eigenvalue weighted by atomic mass is 19.1. The van der Waals surface area contributed by atoms with Crippen molar-refractivity contribution in [1.82, 2.24) is 10.3 Å². The molecule has 1 heterocycles. The molecule has 1 aromatic carbocycles. The molecule has 1 aromatic heterocycles. The van der Waals surface area contributed by atoms with Crippen molar-refractivity contribution >= 4 is 17.7 Å². The third-order valence-corrected chi connectivity index (χ3v) is 4.26. The Balaban J connectivity index is 2.21. The molecular formula is C19H21FN2O4. The second-order valence-corrected chi connectivity index (χ2v) is 6.04. The lowest BCUT2D eigenvalue weighted by Gasteiger charge is -2.14. The molecule has 0 saturated carbocycles. The highest BCUT2D eigenvalue weighted by molar-refractivity contribution is 6.02. The minimum Gasteiger partial charge on any atom is -0.481 e. The molecule has 0 radical (unpaired) electrons. The van der Waals surface area contributed by atoms with Crippen LogP contribution in [-0.4, -0.2) is 34.3 Å². The fourth-order valence-electron chi connectivity index (χ4n) is 3.03. The van der Waals surface area contributed by atoms with Gasteiger partial charge >= 0.3 is 5.97 Å². The molecule has 0 aliphatic carbocycles. The first-order chi connectivity index (χ1) is 12.3. The van der Waals surface area contributed by atoms with Crippen LogP contribution in [-0.2, 0) is 11.2 Å². The van der Waals surface area contributed by atoms with Crippen molar-refractivity contribution in [3.05, 3.63) is 58.2 Å². The molecule has 0 saturated heterocycles. The molecule has 2 aromatic rings. The van der Waals surface area contributed by atoms with Gasteiger partial charge in [-0.25, -0.2) is 4.39 Å². The van der Waals surface area contributed by atoms with Gasteiger partial charge in [0.2, 0.25) is 0 Å². The minimum absolute atomic E-state index is 0.135. The average Bonchev–Trinajstić information content (AvgIpc) is 2.92. The Morgan fingerprint density at radius 1 is 1.23 bits per heavy atom. The Kier molecular flexibility index (Phi) is 5.92. The summed E-state index contributed by atoms with van der Waals surface area (Å²) >= 11 is 0. The lowest BCUT2D eigenvalue weighted by molar-refractivity contribution is -0.138. The molecule has 0 bridgehead atoms. The van der Waals surface area contributed by atoms with Gasteiger partial charge in [-0.3, -0.25) is 14.4 Å². The second kappa shape index (κ2) is 7.95. The van der Waals surface area contributed by atoms with E-state index in [1.165, 1.54) is 31.2 Å². The Morgan fingerprint density at radius 2 is 1.85 bits per heavy atom. The van der Waals surface area contributed by atoms with E-state index in [1.54, 1.807) is 6.92 Å². The Labute approximate surface area is 150 Å². The topological polar surface area (TPSA) is 99.3 Å². The number of carbonyl (C=O) groups excluding carboxylic acids is 2. The van der Waals surface area contributed by atoms with Crippen LogP contribution in [0.25, 0.3) is 0 Å². The largest absolute Gasteiger partial charge is 0.481 e. The summed E-state index contributed by atoms with van der Waals surface area (Å²) in [5.41, 5.74) is 2.36. The number of benzene rings is 1. The van der Waals surface area contributed by atoms with Crippen LogP contribution < -0.4 is 5.32 Å². The summed E-state index contributed by atoms with van der Waals surface area (Å²) in [6.45, 7) is 4.83. The third-order valence-electron chi connectivity index (χ3n) is 4.26. The monoisotopic (exact) mass is 360 g/mol. The fourth-order valence-corrected chi connectivity index (χ4v) is 3.03. The maximum Gasteiger partial charge on any atom is 0.312 e. The number of halogens is 1. The molecule has 0 fully saturated rings. The van der Waals surface area contributed by atoms with Crippen LogP contribution in [0.5, 0.6) is 0 Å². The predicted octanol–water partition coefficient (Wildman–Crippen LogP) is 2.83. The van der Waals surface area contributed by atoms with Gasteiger partial charge in [0.05, 0.1) is 5.92 Å². The molecule has 138 valence electrons. The third kappa shape index (κ3) is 3.99. The van der Waals surface area contributed by atoms with Gasteiger partial charge in [-0.2, -0.15) is 0 Å². The number of hydrogen-bond donors (Lipinski definition) is 3. The van der Waals surface area contributed by atoms with E-state index in [9.17, 15) is 23.9 Å². The van der Waals surface area contributed by atoms with Crippen LogP contribution in [0, 0.1) is 12.7 Å². The number of aromatic amines is 1. The molecule has 26 heavy (non-hydrogen) atoms. The summed E-state index contributed by atoms with van der Waals surface area (Å²) in [5, 5.41) is 12.0. The second-order valence-electron chi connectivity index (χ2n) is 6.04. The van der Waals surface area contributed by atoms with E-state index >= 15 is 0 Å². The van der Waals surface area contributed by atoms with Crippen LogP contribution >= 0.6 is 0 Å². The SMILES string of the molecule is CCc1c(C(=O)NCC(C(=O)O)c2ccc(F)cc2)[nH]c(C)c1C(C)=O. The number of carboxylic acids is 1. The van der Waals surface area contributed by atoms with Crippen LogP contribution in [0.4, 0.5) is 4.39 Å².